The lowest BCUT2D eigenvalue weighted by atomic mass is 9.74. The third-order valence-corrected chi connectivity index (χ3v) is 7.90. The van der Waals surface area contributed by atoms with Crippen LogP contribution in [0.3, 0.4) is 0 Å². The molecule has 5 nitrogen and oxygen atoms in total. The Kier molecular flexibility index (Phi) is 6.19. The van der Waals surface area contributed by atoms with Crippen molar-refractivity contribution < 1.29 is 13.2 Å². The monoisotopic (exact) mass is 515 g/mol. The summed E-state index contributed by atoms with van der Waals surface area (Å²) in [6.45, 7) is 10.9. The number of nitrogens with one attached hydrogen (secondary N) is 1. The molecule has 36 heavy (non-hydrogen) atoms. The van der Waals surface area contributed by atoms with Gasteiger partial charge in [0.2, 0.25) is 0 Å². The number of fused-ring (bicyclic) bond motifs is 2. The third kappa shape index (κ3) is 4.78. The van der Waals surface area contributed by atoms with Crippen molar-refractivity contribution in [1.82, 2.24) is 9.88 Å². The van der Waals surface area contributed by atoms with Crippen molar-refractivity contribution in [1.29, 1.82) is 0 Å². The molecule has 3 aromatic rings. The molecule has 0 aliphatic carbocycles. The highest BCUT2D eigenvalue weighted by atomic mass is 32.1. The number of nitrogen functional groups attached to an aromatic ring is 1. The minimum absolute atomic E-state index is 0.0488. The molecule has 1 saturated heterocycles. The number of rotatable bonds is 4. The van der Waals surface area contributed by atoms with Crippen LogP contribution in [0.4, 0.5) is 40.4 Å². The molecule has 3 heterocycles. The van der Waals surface area contributed by atoms with Gasteiger partial charge in [-0.1, -0.05) is 62.4 Å². The Labute approximate surface area is 214 Å². The average molecular weight is 516 g/mol. The van der Waals surface area contributed by atoms with E-state index in [-0.39, 0.29) is 21.0 Å². The number of nitrogens with zero attached hydrogens (tertiary/aromatic N) is 3. The SMILES string of the molecule is CC(C)(C)CN1CCC2(CC1)CN(c1ccccc1Nc1nc(C(F)(F)F)c(N)s1)c1ccccc12. The fraction of sp³-hybridized carbons (Fsp3) is 0.444. The maximum absolute atomic E-state index is 13.2. The zero-order valence-corrected chi connectivity index (χ0v) is 21.6. The van der Waals surface area contributed by atoms with Crippen LogP contribution in [0.5, 0.6) is 0 Å². The van der Waals surface area contributed by atoms with Crippen molar-refractivity contribution in [2.24, 2.45) is 5.41 Å². The summed E-state index contributed by atoms with van der Waals surface area (Å²) in [5.74, 6) is 0. The van der Waals surface area contributed by atoms with Gasteiger partial charge in [-0.05, 0) is 55.1 Å². The Morgan fingerprint density at radius 2 is 1.64 bits per heavy atom. The summed E-state index contributed by atoms with van der Waals surface area (Å²) >= 11 is 0.811. The van der Waals surface area contributed by atoms with Gasteiger partial charge >= 0.3 is 6.18 Å². The molecule has 0 bridgehead atoms. The number of alkyl halides is 3. The van der Waals surface area contributed by atoms with Crippen LogP contribution in [0.25, 0.3) is 0 Å². The number of aromatic nitrogens is 1. The number of likely N-dealkylation sites (tertiary alicyclic amines) is 1. The van der Waals surface area contributed by atoms with Gasteiger partial charge in [0, 0.05) is 24.2 Å². The largest absolute Gasteiger partial charge is 0.436 e. The smallest absolute Gasteiger partial charge is 0.389 e. The molecule has 1 fully saturated rings. The van der Waals surface area contributed by atoms with Crippen molar-refractivity contribution in [3.8, 4) is 0 Å². The van der Waals surface area contributed by atoms with Crippen LogP contribution in [0.1, 0.15) is 44.9 Å². The van der Waals surface area contributed by atoms with E-state index in [1.165, 1.54) is 5.56 Å². The fourth-order valence-electron chi connectivity index (χ4n) is 5.60. The van der Waals surface area contributed by atoms with Crippen LogP contribution in [-0.2, 0) is 11.6 Å². The number of halogens is 3. The van der Waals surface area contributed by atoms with Gasteiger partial charge in [-0.3, -0.25) is 0 Å². The first-order chi connectivity index (χ1) is 17.0. The second-order valence-electron chi connectivity index (χ2n) is 11.1. The van der Waals surface area contributed by atoms with E-state index in [1.807, 2.05) is 30.3 Å². The van der Waals surface area contributed by atoms with Crippen LogP contribution >= 0.6 is 11.3 Å². The van der Waals surface area contributed by atoms with Crippen LogP contribution < -0.4 is 16.0 Å². The summed E-state index contributed by atoms with van der Waals surface area (Å²) < 4.78 is 39.7. The zero-order valence-electron chi connectivity index (χ0n) is 20.8. The van der Waals surface area contributed by atoms with Crippen molar-refractivity contribution in [2.75, 3.05) is 42.1 Å². The highest BCUT2D eigenvalue weighted by Gasteiger charge is 2.45. The van der Waals surface area contributed by atoms with Crippen molar-refractivity contribution in [2.45, 2.75) is 45.2 Å². The number of piperidine rings is 1. The molecule has 1 spiro atoms. The average Bonchev–Trinajstić information content (AvgIpc) is 3.33. The first kappa shape index (κ1) is 24.9. The zero-order chi connectivity index (χ0) is 25.7. The first-order valence-electron chi connectivity index (χ1n) is 12.2. The molecule has 0 radical (unpaired) electrons. The molecule has 3 N–H and O–H groups in total. The maximum Gasteiger partial charge on any atom is 0.436 e. The number of nitrogens with two attached hydrogens (primary N) is 1. The highest BCUT2D eigenvalue weighted by Crippen LogP contribution is 2.51. The van der Waals surface area contributed by atoms with Gasteiger partial charge in [-0.15, -0.1) is 0 Å². The summed E-state index contributed by atoms with van der Waals surface area (Å²) in [6.07, 6.45) is -2.43. The Hall–Kier alpha value is -2.78. The third-order valence-electron chi connectivity index (χ3n) is 7.10. The van der Waals surface area contributed by atoms with Gasteiger partial charge in [0.25, 0.3) is 0 Å². The highest BCUT2D eigenvalue weighted by molar-refractivity contribution is 7.19. The molecule has 5 rings (SSSR count). The van der Waals surface area contributed by atoms with E-state index in [0.717, 1.165) is 61.7 Å². The molecule has 0 unspecified atom stereocenters. The second-order valence-corrected chi connectivity index (χ2v) is 12.1. The minimum atomic E-state index is -4.58. The number of hydrogen-bond donors (Lipinski definition) is 2. The van der Waals surface area contributed by atoms with E-state index in [2.05, 4.69) is 59.1 Å². The first-order valence-corrected chi connectivity index (χ1v) is 13.1. The van der Waals surface area contributed by atoms with Crippen molar-refractivity contribution >= 4 is 38.5 Å². The predicted octanol–water partition coefficient (Wildman–Crippen LogP) is 7.02. The Morgan fingerprint density at radius 3 is 2.28 bits per heavy atom. The second kappa shape index (κ2) is 8.95. The Balaban J connectivity index is 1.44. The number of thiazole rings is 1. The van der Waals surface area contributed by atoms with E-state index in [4.69, 9.17) is 5.73 Å². The standard InChI is InChI=1S/C27H32F3N5S/c1-25(2,3)16-34-14-12-26(13-15-34)17-35(20-10-6-4-8-18(20)26)21-11-7-5-9-19(21)32-24-33-22(23(31)36-24)27(28,29)30/h4-11H,12-17,31H2,1-3H3,(H,32,33). The van der Waals surface area contributed by atoms with E-state index >= 15 is 0 Å². The molecule has 9 heteroatoms. The lowest BCUT2D eigenvalue weighted by molar-refractivity contribution is -0.140. The van der Waals surface area contributed by atoms with Crippen LogP contribution in [-0.4, -0.2) is 36.1 Å². The van der Waals surface area contributed by atoms with Gasteiger partial charge in [-0.2, -0.15) is 13.2 Å². The molecule has 192 valence electrons. The topological polar surface area (TPSA) is 57.4 Å². The predicted molar refractivity (Wildman–Crippen MR) is 142 cm³/mol. The summed E-state index contributed by atoms with van der Waals surface area (Å²) in [4.78, 5) is 8.61. The molecule has 0 atom stereocenters. The van der Waals surface area contributed by atoms with E-state index in [9.17, 15) is 13.2 Å². The molecule has 2 aliphatic rings. The summed E-state index contributed by atoms with van der Waals surface area (Å²) in [5.41, 5.74) is 9.04. The van der Waals surface area contributed by atoms with Gasteiger partial charge in [-0.25, -0.2) is 4.98 Å². The van der Waals surface area contributed by atoms with Crippen LogP contribution in [0.2, 0.25) is 0 Å². The number of para-hydroxylation sites is 3. The van der Waals surface area contributed by atoms with E-state index < -0.39 is 11.9 Å². The minimum Gasteiger partial charge on any atom is -0.389 e. The van der Waals surface area contributed by atoms with Crippen molar-refractivity contribution in [3.05, 3.63) is 59.8 Å². The maximum atomic E-state index is 13.2. The number of anilines is 5. The lowest BCUT2D eigenvalue weighted by Crippen LogP contribution is -2.46. The van der Waals surface area contributed by atoms with Gasteiger partial charge in [0.05, 0.1) is 11.4 Å². The summed E-state index contributed by atoms with van der Waals surface area (Å²) in [5, 5.41) is 2.91. The molecule has 0 amide bonds. The quantitative estimate of drug-likeness (QED) is 0.391. The number of benzene rings is 2. The molecule has 2 aliphatic heterocycles. The Bertz CT molecular complexity index is 1240. The summed E-state index contributed by atoms with van der Waals surface area (Å²) in [6, 6.07) is 16.2. The molecule has 2 aromatic carbocycles. The molecular formula is C27H32F3N5S. The fourth-order valence-corrected chi connectivity index (χ4v) is 6.37. The van der Waals surface area contributed by atoms with E-state index in [1.54, 1.807) is 0 Å². The van der Waals surface area contributed by atoms with Crippen LogP contribution in [0, 0.1) is 5.41 Å². The van der Waals surface area contributed by atoms with E-state index in [0.29, 0.717) is 5.69 Å². The van der Waals surface area contributed by atoms with Gasteiger partial charge in [0.1, 0.15) is 5.00 Å². The van der Waals surface area contributed by atoms with Gasteiger partial charge < -0.3 is 20.9 Å². The number of hydrogen-bond acceptors (Lipinski definition) is 6. The Morgan fingerprint density at radius 1 is 1.00 bits per heavy atom. The van der Waals surface area contributed by atoms with Gasteiger partial charge in [0.15, 0.2) is 10.8 Å². The van der Waals surface area contributed by atoms with Crippen LogP contribution in [0.15, 0.2) is 48.5 Å². The molecular weight excluding hydrogens is 483 g/mol. The normalized spacial score (nSPS) is 18.0. The van der Waals surface area contributed by atoms with Crippen molar-refractivity contribution in [3.63, 3.8) is 0 Å². The summed E-state index contributed by atoms with van der Waals surface area (Å²) in [7, 11) is 0. The molecule has 1 aromatic heterocycles. The molecule has 0 saturated carbocycles. The lowest BCUT2D eigenvalue weighted by Gasteiger charge is -2.42.